The van der Waals surface area contributed by atoms with Crippen LogP contribution in [0.4, 0.5) is 0 Å². The molecular weight excluding hydrogens is 240 g/mol. The molecule has 1 aromatic rings. The predicted octanol–water partition coefficient (Wildman–Crippen LogP) is 2.37. The van der Waals surface area contributed by atoms with Gasteiger partial charge in [-0.25, -0.2) is 0 Å². The van der Waals surface area contributed by atoms with Gasteiger partial charge in [-0.1, -0.05) is 6.58 Å². The maximum atomic E-state index is 11.4. The minimum atomic E-state index is -3.64. The van der Waals surface area contributed by atoms with E-state index in [-0.39, 0.29) is 4.90 Å². The zero-order chi connectivity index (χ0) is 13.1. The summed E-state index contributed by atoms with van der Waals surface area (Å²) in [6.45, 7) is 7.38. The Kier molecular flexibility index (Phi) is 3.95. The second kappa shape index (κ2) is 4.89. The third-order valence-corrected chi connectivity index (χ3v) is 3.49. The molecule has 0 N–H and O–H groups in total. The maximum Gasteiger partial charge on any atom is 0.296 e. The van der Waals surface area contributed by atoms with Gasteiger partial charge in [-0.05, 0) is 44.2 Å². The Morgan fingerprint density at radius 1 is 1.24 bits per heavy atom. The van der Waals surface area contributed by atoms with Gasteiger partial charge in [0, 0.05) is 0 Å². The highest BCUT2D eigenvalue weighted by molar-refractivity contribution is 7.86. The highest BCUT2D eigenvalue weighted by Gasteiger charge is 2.16. The fraction of sp³-hybridized carbons (Fsp3) is 0.333. The molecule has 1 rings (SSSR count). The van der Waals surface area contributed by atoms with Crippen LogP contribution in [0.25, 0.3) is 0 Å². The summed E-state index contributed by atoms with van der Waals surface area (Å²) in [5.41, 5.74) is -0.498. The molecule has 0 heterocycles. The number of hydrogen-bond acceptors (Lipinski definition) is 4. The van der Waals surface area contributed by atoms with Gasteiger partial charge in [0.15, 0.2) is 0 Å². The van der Waals surface area contributed by atoms with Crippen molar-refractivity contribution < 1.29 is 17.3 Å². The maximum absolute atomic E-state index is 11.4. The SMILES string of the molecule is C=CC(C)(C)Oc1ccc(S(=O)(=O)OC)cc1. The largest absolute Gasteiger partial charge is 0.484 e. The first-order chi connectivity index (χ1) is 7.80. The molecule has 0 saturated carbocycles. The molecule has 0 aliphatic heterocycles. The molecule has 0 aliphatic carbocycles. The lowest BCUT2D eigenvalue weighted by Crippen LogP contribution is -2.24. The van der Waals surface area contributed by atoms with Gasteiger partial charge in [0.25, 0.3) is 10.1 Å². The van der Waals surface area contributed by atoms with E-state index in [1.807, 2.05) is 13.8 Å². The van der Waals surface area contributed by atoms with Crippen LogP contribution in [0.3, 0.4) is 0 Å². The van der Waals surface area contributed by atoms with Crippen LogP contribution in [0.5, 0.6) is 5.75 Å². The third kappa shape index (κ3) is 3.57. The first-order valence-corrected chi connectivity index (χ1v) is 6.45. The van der Waals surface area contributed by atoms with Crippen molar-refractivity contribution in [2.75, 3.05) is 7.11 Å². The zero-order valence-electron chi connectivity index (χ0n) is 10.1. The highest BCUT2D eigenvalue weighted by Crippen LogP contribution is 2.21. The van der Waals surface area contributed by atoms with Crippen LogP contribution >= 0.6 is 0 Å². The monoisotopic (exact) mass is 256 g/mol. The Labute approximate surface area is 102 Å². The van der Waals surface area contributed by atoms with Gasteiger partial charge >= 0.3 is 0 Å². The van der Waals surface area contributed by atoms with E-state index in [2.05, 4.69) is 10.8 Å². The summed E-state index contributed by atoms with van der Waals surface area (Å²) in [5.74, 6) is 0.574. The van der Waals surface area contributed by atoms with Crippen molar-refractivity contribution in [2.24, 2.45) is 0 Å². The summed E-state index contributed by atoms with van der Waals surface area (Å²) in [6.07, 6.45) is 1.67. The minimum absolute atomic E-state index is 0.101. The van der Waals surface area contributed by atoms with Crippen molar-refractivity contribution in [3.8, 4) is 5.75 Å². The summed E-state index contributed by atoms with van der Waals surface area (Å²) in [5, 5.41) is 0. The molecule has 0 aromatic heterocycles. The van der Waals surface area contributed by atoms with Crippen molar-refractivity contribution in [3.63, 3.8) is 0 Å². The second-order valence-electron chi connectivity index (χ2n) is 4.00. The van der Waals surface area contributed by atoms with Crippen LogP contribution in [0.1, 0.15) is 13.8 Å². The molecule has 4 nitrogen and oxygen atoms in total. The fourth-order valence-corrected chi connectivity index (χ4v) is 1.78. The Morgan fingerprint density at radius 2 is 1.76 bits per heavy atom. The van der Waals surface area contributed by atoms with Gasteiger partial charge in [0.2, 0.25) is 0 Å². The zero-order valence-corrected chi connectivity index (χ0v) is 11.0. The summed E-state index contributed by atoms with van der Waals surface area (Å²) in [4.78, 5) is 0.101. The smallest absolute Gasteiger partial charge is 0.296 e. The normalized spacial score (nSPS) is 12.2. The molecule has 0 radical (unpaired) electrons. The van der Waals surface area contributed by atoms with Crippen LogP contribution < -0.4 is 4.74 Å². The van der Waals surface area contributed by atoms with Crippen LogP contribution in [0.15, 0.2) is 41.8 Å². The Bertz CT molecular complexity index is 486. The van der Waals surface area contributed by atoms with Crippen LogP contribution in [-0.4, -0.2) is 21.1 Å². The van der Waals surface area contributed by atoms with Gasteiger partial charge in [0.1, 0.15) is 11.4 Å². The molecule has 0 saturated heterocycles. The minimum Gasteiger partial charge on any atom is -0.484 e. The topological polar surface area (TPSA) is 52.6 Å². The van der Waals surface area contributed by atoms with E-state index in [9.17, 15) is 8.42 Å². The van der Waals surface area contributed by atoms with Crippen molar-refractivity contribution in [3.05, 3.63) is 36.9 Å². The fourth-order valence-electron chi connectivity index (χ4n) is 1.12. The summed E-state index contributed by atoms with van der Waals surface area (Å²) in [6, 6.07) is 6.04. The number of hydrogen-bond donors (Lipinski definition) is 0. The van der Waals surface area contributed by atoms with E-state index >= 15 is 0 Å². The quantitative estimate of drug-likeness (QED) is 0.599. The van der Waals surface area contributed by atoms with E-state index in [1.54, 1.807) is 18.2 Å². The number of benzene rings is 1. The van der Waals surface area contributed by atoms with Crippen molar-refractivity contribution in [2.45, 2.75) is 24.3 Å². The van der Waals surface area contributed by atoms with E-state index < -0.39 is 15.7 Å². The molecule has 1 aromatic carbocycles. The molecule has 0 aliphatic rings. The first-order valence-electron chi connectivity index (χ1n) is 5.04. The number of rotatable bonds is 5. The van der Waals surface area contributed by atoms with E-state index in [1.165, 1.54) is 12.1 Å². The second-order valence-corrected chi connectivity index (χ2v) is 5.71. The molecule has 0 unspecified atom stereocenters. The predicted molar refractivity (Wildman–Crippen MR) is 65.5 cm³/mol. The lowest BCUT2D eigenvalue weighted by atomic mass is 10.1. The van der Waals surface area contributed by atoms with Crippen molar-refractivity contribution >= 4 is 10.1 Å². The standard InChI is InChI=1S/C12H16O4S/c1-5-12(2,3)16-10-6-8-11(9-7-10)17(13,14)15-4/h5-9H,1H2,2-4H3. The van der Waals surface area contributed by atoms with E-state index in [4.69, 9.17) is 4.74 Å². The summed E-state index contributed by atoms with van der Waals surface area (Å²) < 4.78 is 32.7. The van der Waals surface area contributed by atoms with Crippen molar-refractivity contribution in [1.29, 1.82) is 0 Å². The van der Waals surface area contributed by atoms with Gasteiger partial charge < -0.3 is 4.74 Å². The molecule has 94 valence electrons. The van der Waals surface area contributed by atoms with Crippen LogP contribution in [0.2, 0.25) is 0 Å². The van der Waals surface area contributed by atoms with Gasteiger partial charge in [-0.3, -0.25) is 4.18 Å². The highest BCUT2D eigenvalue weighted by atomic mass is 32.2. The van der Waals surface area contributed by atoms with Crippen LogP contribution in [-0.2, 0) is 14.3 Å². The lowest BCUT2D eigenvalue weighted by Gasteiger charge is -2.22. The molecule has 0 amide bonds. The lowest BCUT2D eigenvalue weighted by molar-refractivity contribution is 0.162. The average Bonchev–Trinajstić information content (AvgIpc) is 2.29. The molecule has 0 fully saturated rings. The van der Waals surface area contributed by atoms with E-state index in [0.717, 1.165) is 7.11 Å². The average molecular weight is 256 g/mol. The molecular formula is C12H16O4S. The number of ether oxygens (including phenoxy) is 1. The first kappa shape index (κ1) is 13.7. The molecule has 0 bridgehead atoms. The summed E-state index contributed by atoms with van der Waals surface area (Å²) in [7, 11) is -2.51. The molecule has 17 heavy (non-hydrogen) atoms. The molecule has 0 spiro atoms. The molecule has 5 heteroatoms. The van der Waals surface area contributed by atoms with Crippen LogP contribution in [0, 0.1) is 0 Å². The summed E-state index contributed by atoms with van der Waals surface area (Å²) >= 11 is 0. The Balaban J connectivity index is 2.93. The Hall–Kier alpha value is -1.33. The third-order valence-electron chi connectivity index (χ3n) is 2.20. The van der Waals surface area contributed by atoms with Crippen molar-refractivity contribution in [1.82, 2.24) is 0 Å². The van der Waals surface area contributed by atoms with Gasteiger partial charge in [-0.2, -0.15) is 8.42 Å². The van der Waals surface area contributed by atoms with E-state index in [0.29, 0.717) is 5.75 Å². The van der Waals surface area contributed by atoms with Gasteiger partial charge in [-0.15, -0.1) is 0 Å². The molecule has 0 atom stereocenters. The van der Waals surface area contributed by atoms with Gasteiger partial charge in [0.05, 0.1) is 12.0 Å². The Morgan fingerprint density at radius 3 is 2.18 bits per heavy atom.